The molecular formula is C53H52Hf. The first-order chi connectivity index (χ1) is 24.9. The fraction of sp³-hybridized carbons (Fsp3) is 0.170. The van der Waals surface area contributed by atoms with Gasteiger partial charge >= 0.3 is 25.8 Å². The second-order valence-corrected chi connectivity index (χ2v) is 15.2. The molecule has 0 saturated heterocycles. The molecular weight excluding hydrogens is 815 g/mol. The van der Waals surface area contributed by atoms with E-state index in [-0.39, 0.29) is 46.1 Å². The molecule has 0 amide bonds. The minimum Gasteiger partial charge on any atom is -0.358 e. The molecule has 0 atom stereocenters. The molecule has 268 valence electrons. The van der Waals surface area contributed by atoms with Crippen LogP contribution in [0.2, 0.25) is 0 Å². The minimum absolute atomic E-state index is 0. The van der Waals surface area contributed by atoms with Crippen molar-refractivity contribution in [2.75, 3.05) is 0 Å². The number of hydrogen-bond acceptors (Lipinski definition) is 0. The maximum atomic E-state index is 2.47. The van der Waals surface area contributed by atoms with E-state index in [9.17, 15) is 0 Å². The third kappa shape index (κ3) is 7.67. The molecule has 0 aliphatic rings. The summed E-state index contributed by atoms with van der Waals surface area (Å²) in [6.45, 7) is 9.64. The van der Waals surface area contributed by atoms with Gasteiger partial charge in [0.05, 0.1) is 0 Å². The Morgan fingerprint density at radius 2 is 0.685 bits per heavy atom. The number of benzene rings is 6. The summed E-state index contributed by atoms with van der Waals surface area (Å²) in [5, 5.41) is 5.38. The third-order valence-corrected chi connectivity index (χ3v) is 10.7. The number of fused-ring (bicyclic) bond motifs is 2. The predicted molar refractivity (Wildman–Crippen MR) is 233 cm³/mol. The molecule has 0 aromatic heterocycles. The van der Waals surface area contributed by atoms with Crippen LogP contribution in [-0.4, -0.2) is 0 Å². The fourth-order valence-electron chi connectivity index (χ4n) is 8.89. The van der Waals surface area contributed by atoms with Crippen molar-refractivity contribution in [2.24, 2.45) is 11.8 Å². The van der Waals surface area contributed by atoms with Crippen LogP contribution < -0.4 is 0 Å². The van der Waals surface area contributed by atoms with Crippen LogP contribution in [0, 0.1) is 26.7 Å². The van der Waals surface area contributed by atoms with E-state index in [0.717, 1.165) is 12.8 Å². The van der Waals surface area contributed by atoms with Crippen molar-refractivity contribution < 1.29 is 25.8 Å². The van der Waals surface area contributed by atoms with Gasteiger partial charge < -0.3 is 14.9 Å². The Morgan fingerprint density at radius 1 is 0.389 bits per heavy atom. The summed E-state index contributed by atoms with van der Waals surface area (Å²) in [6, 6.07) is 63.2. The van der Waals surface area contributed by atoms with Crippen LogP contribution in [0.15, 0.2) is 170 Å². The second kappa shape index (κ2) is 17.3. The van der Waals surface area contributed by atoms with Crippen molar-refractivity contribution in [1.82, 2.24) is 0 Å². The van der Waals surface area contributed by atoms with Gasteiger partial charge in [-0.2, -0.15) is 0 Å². The van der Waals surface area contributed by atoms with Crippen LogP contribution >= 0.6 is 0 Å². The maximum Gasteiger partial charge on any atom is 4.00 e. The van der Waals surface area contributed by atoms with Gasteiger partial charge in [0.1, 0.15) is 0 Å². The Labute approximate surface area is 343 Å². The van der Waals surface area contributed by atoms with Gasteiger partial charge in [-0.05, 0) is 39.5 Å². The van der Waals surface area contributed by atoms with Crippen molar-refractivity contribution in [1.29, 1.82) is 0 Å². The van der Waals surface area contributed by atoms with Gasteiger partial charge in [-0.1, -0.05) is 197 Å². The second-order valence-electron chi connectivity index (χ2n) is 15.2. The summed E-state index contributed by atoms with van der Waals surface area (Å²) in [5.41, 5.74) is 13.0. The van der Waals surface area contributed by atoms with E-state index in [0.29, 0.717) is 11.8 Å². The van der Waals surface area contributed by atoms with Crippen molar-refractivity contribution in [2.45, 2.75) is 46.0 Å². The predicted octanol–water partition coefficient (Wildman–Crippen LogP) is 15.4. The van der Waals surface area contributed by atoms with Crippen LogP contribution in [0.5, 0.6) is 0 Å². The average Bonchev–Trinajstić information content (AvgIpc) is 3.75. The van der Waals surface area contributed by atoms with Gasteiger partial charge in [0.25, 0.3) is 0 Å². The minimum atomic E-state index is -0.241. The first-order valence-electron chi connectivity index (χ1n) is 18.6. The smallest absolute Gasteiger partial charge is 0.358 e. The molecule has 8 rings (SSSR count). The first kappa shape index (κ1) is 40.6. The number of rotatable bonds is 10. The quantitative estimate of drug-likeness (QED) is 0.0949. The summed E-state index contributed by atoms with van der Waals surface area (Å²) < 4.78 is 0. The molecule has 0 spiro atoms. The average molecular weight is 867 g/mol. The molecule has 0 bridgehead atoms. The van der Waals surface area contributed by atoms with Crippen LogP contribution in [0.4, 0.5) is 0 Å². The normalized spacial score (nSPS) is 11.4. The number of hydrogen-bond donors (Lipinski definition) is 0. The maximum absolute atomic E-state index is 2.47. The molecule has 0 saturated carbocycles. The van der Waals surface area contributed by atoms with Crippen molar-refractivity contribution >= 4 is 21.5 Å². The molecule has 0 fully saturated rings. The molecule has 0 nitrogen and oxygen atoms in total. The molecule has 0 N–H and O–H groups in total. The van der Waals surface area contributed by atoms with Gasteiger partial charge in [0, 0.05) is 0 Å². The largest absolute Gasteiger partial charge is 4.00 e. The van der Waals surface area contributed by atoms with E-state index in [1.165, 1.54) is 77.2 Å². The molecule has 0 aliphatic carbocycles. The molecule has 0 radical (unpaired) electrons. The zero-order valence-corrected chi connectivity index (χ0v) is 36.3. The van der Waals surface area contributed by atoms with Gasteiger partial charge in [0.2, 0.25) is 0 Å². The molecule has 54 heavy (non-hydrogen) atoms. The van der Waals surface area contributed by atoms with Crippen molar-refractivity contribution in [3.05, 3.63) is 196 Å². The van der Waals surface area contributed by atoms with Crippen LogP contribution in [-0.2, 0) is 31.3 Å². The standard InChI is InChI=1S/C51H46.2CH3.Hf/c1-35(2)33-51(34-36(3)4,49-45-21-13-11-19-43(45)31-47(49)41-27-23-39(24-28-41)37-15-7-5-8-16-37)50-46-22-14-12-20-44(46)32-48(50)42-29-25-40(26-30-42)38-17-9-6-10-18-38;;;/h5-32,35-36H,33-34H2,1-4H3;2*1H3;/q-2;2*-1;+4. The van der Waals surface area contributed by atoms with Gasteiger partial charge in [0.15, 0.2) is 0 Å². The van der Waals surface area contributed by atoms with E-state index in [1.54, 1.807) is 0 Å². The SMILES string of the molecule is CC(C)CC(CC(C)C)(c1c(-c2ccc(-c3ccccc3)cc2)[cH-]c2ccccc12)c1c(-c2ccc(-c3ccccc3)cc2)[cH-]c2ccccc12.[CH3-].[CH3-].[Hf+4]. The first-order valence-corrected chi connectivity index (χ1v) is 18.6. The van der Waals surface area contributed by atoms with E-state index in [1.807, 2.05) is 0 Å². The van der Waals surface area contributed by atoms with E-state index in [2.05, 4.69) is 198 Å². The van der Waals surface area contributed by atoms with Gasteiger partial charge in [-0.25, -0.2) is 0 Å². The van der Waals surface area contributed by atoms with Gasteiger partial charge in [-0.3, -0.25) is 0 Å². The fourth-order valence-corrected chi connectivity index (χ4v) is 8.89. The van der Waals surface area contributed by atoms with Crippen LogP contribution in [0.3, 0.4) is 0 Å². The molecule has 8 aromatic carbocycles. The van der Waals surface area contributed by atoms with Gasteiger partial charge in [-0.15, -0.1) is 68.1 Å². The van der Waals surface area contributed by atoms with Crippen molar-refractivity contribution in [3.8, 4) is 44.5 Å². The Hall–Kier alpha value is -4.59. The molecule has 0 aliphatic heterocycles. The summed E-state index contributed by atoms with van der Waals surface area (Å²) in [4.78, 5) is 0. The summed E-state index contributed by atoms with van der Waals surface area (Å²) in [6.07, 6.45) is 2.11. The molecule has 1 heteroatoms. The Balaban J connectivity index is 0.00000187. The topological polar surface area (TPSA) is 0 Å². The van der Waals surface area contributed by atoms with Crippen LogP contribution in [0.25, 0.3) is 66.1 Å². The third-order valence-electron chi connectivity index (χ3n) is 10.7. The molecule has 0 unspecified atom stereocenters. The molecule has 0 heterocycles. The zero-order chi connectivity index (χ0) is 35.0. The Kier molecular flexibility index (Phi) is 13.0. The monoisotopic (exact) mass is 868 g/mol. The Bertz CT molecular complexity index is 2210. The van der Waals surface area contributed by atoms with E-state index >= 15 is 0 Å². The van der Waals surface area contributed by atoms with E-state index in [4.69, 9.17) is 0 Å². The van der Waals surface area contributed by atoms with Crippen molar-refractivity contribution in [3.63, 3.8) is 0 Å². The summed E-state index contributed by atoms with van der Waals surface area (Å²) >= 11 is 0. The van der Waals surface area contributed by atoms with Crippen LogP contribution in [0.1, 0.15) is 51.7 Å². The zero-order valence-electron chi connectivity index (χ0n) is 32.7. The van der Waals surface area contributed by atoms with E-state index < -0.39 is 0 Å². The summed E-state index contributed by atoms with van der Waals surface area (Å²) in [5.74, 6) is 0.959. The Morgan fingerprint density at radius 3 is 1.04 bits per heavy atom. The molecule has 8 aromatic rings. The summed E-state index contributed by atoms with van der Waals surface area (Å²) in [7, 11) is 0.